The highest BCUT2D eigenvalue weighted by molar-refractivity contribution is 6.30. The van der Waals surface area contributed by atoms with Gasteiger partial charge in [0.25, 0.3) is 0 Å². The van der Waals surface area contributed by atoms with E-state index in [-0.39, 0.29) is 11.6 Å². The second-order valence-corrected chi connectivity index (χ2v) is 7.10. The van der Waals surface area contributed by atoms with Gasteiger partial charge in [0.15, 0.2) is 0 Å². The van der Waals surface area contributed by atoms with Crippen molar-refractivity contribution in [2.45, 2.75) is 33.2 Å². The molecule has 1 heterocycles. The van der Waals surface area contributed by atoms with Crippen molar-refractivity contribution in [2.24, 2.45) is 0 Å². The molecule has 0 atom stereocenters. The molecule has 0 radical (unpaired) electrons. The molecule has 0 aliphatic carbocycles. The number of nitrogens with zero attached hydrogens (tertiary/aromatic N) is 2. The van der Waals surface area contributed by atoms with Gasteiger partial charge in [0, 0.05) is 10.7 Å². The van der Waals surface area contributed by atoms with Gasteiger partial charge >= 0.3 is 5.56 Å². The third kappa shape index (κ3) is 4.95. The number of rotatable bonds is 7. The van der Waals surface area contributed by atoms with Crippen molar-refractivity contribution in [3.63, 3.8) is 0 Å². The van der Waals surface area contributed by atoms with E-state index in [1.54, 1.807) is 16.8 Å². The van der Waals surface area contributed by atoms with E-state index in [4.69, 9.17) is 16.3 Å². The second-order valence-electron chi connectivity index (χ2n) is 6.67. The van der Waals surface area contributed by atoms with Crippen LogP contribution in [0.5, 0.6) is 5.75 Å². The van der Waals surface area contributed by atoms with E-state index in [1.807, 2.05) is 32.0 Å². The summed E-state index contributed by atoms with van der Waals surface area (Å²) in [5, 5.41) is 3.86. The number of aromatic nitrogens is 2. The summed E-state index contributed by atoms with van der Waals surface area (Å²) in [6.45, 7) is 4.32. The first kappa shape index (κ1) is 20.9. The van der Waals surface area contributed by atoms with E-state index in [0.717, 1.165) is 35.2 Å². The van der Waals surface area contributed by atoms with Crippen molar-refractivity contribution in [2.75, 3.05) is 12.4 Å². The maximum absolute atomic E-state index is 14.0. The van der Waals surface area contributed by atoms with Gasteiger partial charge in [-0.2, -0.15) is 4.98 Å². The Balaban J connectivity index is 2.04. The Bertz CT molecular complexity index is 1080. The van der Waals surface area contributed by atoms with Crippen LogP contribution in [-0.2, 0) is 19.4 Å². The van der Waals surface area contributed by atoms with E-state index < -0.39 is 5.56 Å². The lowest BCUT2D eigenvalue weighted by Crippen LogP contribution is -2.19. The third-order valence-electron chi connectivity index (χ3n) is 4.66. The van der Waals surface area contributed by atoms with Crippen LogP contribution in [0, 0.1) is 5.82 Å². The highest BCUT2D eigenvalue weighted by Gasteiger charge is 2.12. The highest BCUT2D eigenvalue weighted by atomic mass is 35.5. The minimum Gasteiger partial charge on any atom is -0.490 e. The Hall–Kier alpha value is -2.86. The smallest absolute Gasteiger partial charge is 0.316 e. The number of ether oxygens (including phenoxy) is 1. The molecule has 0 aliphatic rings. The molecule has 1 aromatic heterocycles. The van der Waals surface area contributed by atoms with Gasteiger partial charge < -0.3 is 14.6 Å². The topological polar surface area (TPSA) is 56.2 Å². The van der Waals surface area contributed by atoms with Crippen LogP contribution in [0.15, 0.2) is 47.4 Å². The Morgan fingerprint density at radius 1 is 1.14 bits per heavy atom. The molecule has 0 unspecified atom stereocenters. The Labute approximate surface area is 174 Å². The quantitative estimate of drug-likeness (QED) is 0.592. The van der Waals surface area contributed by atoms with Crippen molar-refractivity contribution in [3.8, 4) is 5.75 Å². The zero-order chi connectivity index (χ0) is 21.0. The fourth-order valence-electron chi connectivity index (χ4n) is 3.14. The summed E-state index contributed by atoms with van der Waals surface area (Å²) in [6, 6.07) is 10.4. The molecule has 3 aromatic rings. The fourth-order valence-corrected chi connectivity index (χ4v) is 3.34. The van der Waals surface area contributed by atoms with E-state index in [1.165, 1.54) is 19.2 Å². The fraction of sp³-hybridized carbons (Fsp3) is 0.273. The number of nitrogens with one attached hydrogen (secondary N) is 1. The Morgan fingerprint density at radius 2 is 1.90 bits per heavy atom. The molecule has 0 amide bonds. The van der Waals surface area contributed by atoms with Gasteiger partial charge in [0.2, 0.25) is 11.7 Å². The van der Waals surface area contributed by atoms with Crippen molar-refractivity contribution < 1.29 is 9.13 Å². The molecule has 0 aliphatic heterocycles. The molecular formula is C22H23ClFN3O2. The van der Waals surface area contributed by atoms with Gasteiger partial charge in [0.1, 0.15) is 5.82 Å². The summed E-state index contributed by atoms with van der Waals surface area (Å²) in [5.41, 5.74) is 2.99. The maximum atomic E-state index is 14.0. The molecule has 0 fully saturated rings. The lowest BCUT2D eigenvalue weighted by Gasteiger charge is -2.17. The van der Waals surface area contributed by atoms with Crippen LogP contribution in [-0.4, -0.2) is 16.7 Å². The number of methoxy groups -OCH3 is 1. The Morgan fingerprint density at radius 3 is 2.59 bits per heavy atom. The monoisotopic (exact) mass is 415 g/mol. The van der Waals surface area contributed by atoms with Gasteiger partial charge in [-0.3, -0.25) is 4.79 Å². The zero-order valence-corrected chi connectivity index (χ0v) is 17.4. The summed E-state index contributed by atoms with van der Waals surface area (Å²) < 4.78 is 20.9. The SMILES string of the molecule is CCc1cc(F)cc(Cn2cc(OC)c(=O)nc2Nc2ccc(Cl)cc2CC)c1. The zero-order valence-electron chi connectivity index (χ0n) is 16.6. The molecule has 0 spiro atoms. The number of benzene rings is 2. The molecule has 1 N–H and O–H groups in total. The van der Waals surface area contributed by atoms with Crippen molar-refractivity contribution in [1.82, 2.24) is 9.55 Å². The predicted molar refractivity (Wildman–Crippen MR) is 114 cm³/mol. The molecule has 0 saturated heterocycles. The van der Waals surface area contributed by atoms with Crippen LogP contribution in [0.2, 0.25) is 5.02 Å². The average Bonchev–Trinajstić information content (AvgIpc) is 2.70. The standard InChI is InChI=1S/C22H23ClFN3O2/c1-4-14-8-15(10-18(24)9-14)12-27-13-20(29-3)21(28)26-22(27)25-19-7-6-17(23)11-16(19)5-2/h6-11,13H,4-5,12H2,1-3H3,(H,25,26,28). The number of hydrogen-bond acceptors (Lipinski definition) is 4. The minimum absolute atomic E-state index is 0.120. The van der Waals surface area contributed by atoms with E-state index >= 15 is 0 Å². The van der Waals surface area contributed by atoms with Crippen LogP contribution >= 0.6 is 11.6 Å². The highest BCUT2D eigenvalue weighted by Crippen LogP contribution is 2.25. The largest absolute Gasteiger partial charge is 0.490 e. The van der Waals surface area contributed by atoms with Crippen molar-refractivity contribution in [1.29, 1.82) is 0 Å². The summed E-state index contributed by atoms with van der Waals surface area (Å²) in [6.07, 6.45) is 3.06. The molecule has 7 heteroatoms. The lowest BCUT2D eigenvalue weighted by atomic mass is 10.1. The van der Waals surface area contributed by atoms with Gasteiger partial charge in [-0.05, 0) is 59.9 Å². The maximum Gasteiger partial charge on any atom is 0.316 e. The van der Waals surface area contributed by atoms with Crippen LogP contribution in [0.3, 0.4) is 0 Å². The molecule has 0 bridgehead atoms. The molecule has 0 saturated carbocycles. The van der Waals surface area contributed by atoms with Gasteiger partial charge in [-0.25, -0.2) is 4.39 Å². The van der Waals surface area contributed by atoms with E-state index in [2.05, 4.69) is 10.3 Å². The number of hydrogen-bond donors (Lipinski definition) is 1. The number of aryl methyl sites for hydroxylation is 2. The first-order chi connectivity index (χ1) is 13.9. The summed E-state index contributed by atoms with van der Waals surface area (Å²) in [5.74, 6) is 0.172. The number of anilines is 2. The summed E-state index contributed by atoms with van der Waals surface area (Å²) in [7, 11) is 1.42. The van der Waals surface area contributed by atoms with Crippen LogP contribution in [0.25, 0.3) is 0 Å². The predicted octanol–water partition coefficient (Wildman–Crippen LogP) is 4.96. The first-order valence-electron chi connectivity index (χ1n) is 9.42. The minimum atomic E-state index is -0.480. The summed E-state index contributed by atoms with van der Waals surface area (Å²) >= 11 is 6.09. The number of halogens is 2. The van der Waals surface area contributed by atoms with E-state index in [9.17, 15) is 9.18 Å². The van der Waals surface area contributed by atoms with Crippen LogP contribution < -0.4 is 15.6 Å². The third-order valence-corrected chi connectivity index (χ3v) is 4.89. The van der Waals surface area contributed by atoms with E-state index in [0.29, 0.717) is 17.5 Å². The van der Waals surface area contributed by atoms with Crippen molar-refractivity contribution in [3.05, 3.63) is 80.5 Å². The first-order valence-corrected chi connectivity index (χ1v) is 9.80. The molecule has 5 nitrogen and oxygen atoms in total. The lowest BCUT2D eigenvalue weighted by molar-refractivity contribution is 0.402. The van der Waals surface area contributed by atoms with Crippen molar-refractivity contribution >= 4 is 23.2 Å². The molecule has 29 heavy (non-hydrogen) atoms. The second kappa shape index (κ2) is 9.09. The van der Waals surface area contributed by atoms with Gasteiger partial charge in [-0.15, -0.1) is 0 Å². The van der Waals surface area contributed by atoms with Gasteiger partial charge in [0.05, 0.1) is 19.9 Å². The van der Waals surface area contributed by atoms with Crippen LogP contribution in [0.1, 0.15) is 30.5 Å². The van der Waals surface area contributed by atoms with Crippen LogP contribution in [0.4, 0.5) is 16.0 Å². The molecular weight excluding hydrogens is 393 g/mol. The summed E-state index contributed by atoms with van der Waals surface area (Å²) in [4.78, 5) is 16.4. The average molecular weight is 416 g/mol. The molecule has 152 valence electrons. The normalized spacial score (nSPS) is 10.8. The Kier molecular flexibility index (Phi) is 6.54. The molecule has 2 aromatic carbocycles. The van der Waals surface area contributed by atoms with Gasteiger partial charge in [-0.1, -0.05) is 31.5 Å². The molecule has 3 rings (SSSR count).